The maximum absolute atomic E-state index is 14.4. The van der Waals surface area contributed by atoms with Gasteiger partial charge in [-0.25, -0.2) is 13.6 Å². The van der Waals surface area contributed by atoms with Crippen molar-refractivity contribution in [2.24, 2.45) is 0 Å². The van der Waals surface area contributed by atoms with Gasteiger partial charge in [0.05, 0.1) is 17.8 Å². The van der Waals surface area contributed by atoms with Crippen LogP contribution in [0.5, 0.6) is 0 Å². The van der Waals surface area contributed by atoms with Crippen LogP contribution in [0, 0.1) is 18.2 Å². The van der Waals surface area contributed by atoms with Crippen molar-refractivity contribution in [1.29, 1.82) is 0 Å². The molecule has 25 heavy (non-hydrogen) atoms. The Labute approximate surface area is 147 Å². The Morgan fingerprint density at radius 2 is 1.92 bits per heavy atom. The van der Waals surface area contributed by atoms with Crippen LogP contribution in [0.1, 0.15) is 6.92 Å². The molecule has 0 amide bonds. The van der Waals surface area contributed by atoms with Gasteiger partial charge in [-0.3, -0.25) is 4.79 Å². The predicted molar refractivity (Wildman–Crippen MR) is 92.8 cm³/mol. The van der Waals surface area contributed by atoms with E-state index in [1.54, 1.807) is 6.92 Å². The van der Waals surface area contributed by atoms with E-state index in [0.29, 0.717) is 11.1 Å². The van der Waals surface area contributed by atoms with E-state index in [0.717, 1.165) is 12.1 Å². The van der Waals surface area contributed by atoms with Crippen molar-refractivity contribution >= 4 is 17.3 Å². The minimum Gasteiger partial charge on any atom is -0.378 e. The first-order valence-corrected chi connectivity index (χ1v) is 7.79. The third kappa shape index (κ3) is 2.73. The van der Waals surface area contributed by atoms with Gasteiger partial charge in [0, 0.05) is 18.3 Å². The van der Waals surface area contributed by atoms with Crippen molar-refractivity contribution in [2.45, 2.75) is 13.5 Å². The fourth-order valence-corrected chi connectivity index (χ4v) is 3.01. The summed E-state index contributed by atoms with van der Waals surface area (Å²) in [6, 6.07) is 4.83. The lowest BCUT2D eigenvalue weighted by molar-refractivity contribution is 0.584. The van der Waals surface area contributed by atoms with Crippen LogP contribution in [-0.2, 0) is 6.54 Å². The molecule has 0 bridgehead atoms. The molecule has 0 saturated carbocycles. The maximum atomic E-state index is 14.4. The van der Waals surface area contributed by atoms with Crippen LogP contribution in [0.15, 0.2) is 41.5 Å². The third-order valence-corrected chi connectivity index (χ3v) is 4.17. The molecule has 0 atom stereocenters. The molecule has 3 rings (SSSR count). The number of aromatic amines is 1. The number of rotatable bonds is 3. The standard InChI is InChI=1S/C18H12ClF2N3O/c1-3-24-17(16-13(20)5-4-6-14(16)21)10(7-12(19)18(24)25)11-8-23-9-15(11)22-2/h4-9,23H,3H2,1H3. The summed E-state index contributed by atoms with van der Waals surface area (Å²) < 4.78 is 30.1. The molecule has 2 heterocycles. The van der Waals surface area contributed by atoms with Crippen molar-refractivity contribution in [2.75, 3.05) is 0 Å². The average Bonchev–Trinajstić information content (AvgIpc) is 3.06. The van der Waals surface area contributed by atoms with Gasteiger partial charge in [-0.1, -0.05) is 17.7 Å². The van der Waals surface area contributed by atoms with E-state index in [2.05, 4.69) is 9.83 Å². The van der Waals surface area contributed by atoms with E-state index in [1.807, 2.05) is 0 Å². The fourth-order valence-electron chi connectivity index (χ4n) is 2.80. The number of H-pyrrole nitrogens is 1. The number of benzene rings is 1. The molecular formula is C18H12ClF2N3O. The maximum Gasteiger partial charge on any atom is 0.269 e. The molecule has 0 saturated heterocycles. The average molecular weight is 360 g/mol. The second-order valence-electron chi connectivity index (χ2n) is 5.27. The molecule has 1 aromatic carbocycles. The molecule has 0 unspecified atom stereocenters. The Balaban J connectivity index is 2.51. The zero-order valence-electron chi connectivity index (χ0n) is 13.1. The number of nitrogens with one attached hydrogen (secondary N) is 1. The molecule has 0 aliphatic heterocycles. The van der Waals surface area contributed by atoms with Gasteiger partial charge in [0.1, 0.15) is 16.7 Å². The van der Waals surface area contributed by atoms with Crippen LogP contribution in [-0.4, -0.2) is 9.55 Å². The molecule has 3 aromatic rings. The van der Waals surface area contributed by atoms with Crippen molar-refractivity contribution in [3.8, 4) is 22.4 Å². The second-order valence-corrected chi connectivity index (χ2v) is 5.67. The van der Waals surface area contributed by atoms with Crippen LogP contribution in [0.4, 0.5) is 14.5 Å². The molecule has 0 radical (unpaired) electrons. The molecular weight excluding hydrogens is 348 g/mol. The lowest BCUT2D eigenvalue weighted by atomic mass is 9.99. The van der Waals surface area contributed by atoms with Crippen LogP contribution in [0.25, 0.3) is 27.2 Å². The van der Waals surface area contributed by atoms with E-state index in [4.69, 9.17) is 18.2 Å². The van der Waals surface area contributed by atoms with Gasteiger partial charge in [-0.2, -0.15) is 0 Å². The first kappa shape index (κ1) is 16.9. The summed E-state index contributed by atoms with van der Waals surface area (Å²) >= 11 is 6.04. The summed E-state index contributed by atoms with van der Waals surface area (Å²) in [5.41, 5.74) is 0.155. The Kier molecular flexibility index (Phi) is 4.43. The number of pyridine rings is 1. The minimum atomic E-state index is -0.801. The summed E-state index contributed by atoms with van der Waals surface area (Å²) in [7, 11) is 0. The molecule has 0 aliphatic carbocycles. The zero-order valence-corrected chi connectivity index (χ0v) is 13.9. The molecule has 4 nitrogen and oxygen atoms in total. The zero-order chi connectivity index (χ0) is 18.1. The van der Waals surface area contributed by atoms with Gasteiger partial charge in [0.2, 0.25) is 5.69 Å². The topological polar surface area (TPSA) is 42.1 Å². The van der Waals surface area contributed by atoms with E-state index in [1.165, 1.54) is 29.1 Å². The quantitative estimate of drug-likeness (QED) is 0.656. The number of nitrogens with zero attached hydrogens (tertiary/aromatic N) is 2. The predicted octanol–water partition coefficient (Wildman–Crippen LogP) is 5.01. The van der Waals surface area contributed by atoms with Gasteiger partial charge in [0.15, 0.2) is 0 Å². The summed E-state index contributed by atoms with van der Waals surface area (Å²) in [4.78, 5) is 18.6. The third-order valence-electron chi connectivity index (χ3n) is 3.90. The van der Waals surface area contributed by atoms with Gasteiger partial charge in [0.25, 0.3) is 5.56 Å². The molecule has 0 fully saturated rings. The number of aromatic nitrogens is 2. The minimum absolute atomic E-state index is 0.0528. The second kappa shape index (κ2) is 6.54. The van der Waals surface area contributed by atoms with Gasteiger partial charge < -0.3 is 9.55 Å². The molecule has 2 aromatic heterocycles. The Morgan fingerprint density at radius 1 is 1.24 bits per heavy atom. The Hall–Kier alpha value is -2.91. The molecule has 0 spiro atoms. The first-order chi connectivity index (χ1) is 12.0. The molecule has 0 aliphatic rings. The highest BCUT2D eigenvalue weighted by molar-refractivity contribution is 6.30. The largest absolute Gasteiger partial charge is 0.378 e. The van der Waals surface area contributed by atoms with E-state index >= 15 is 0 Å². The summed E-state index contributed by atoms with van der Waals surface area (Å²) in [6.45, 7) is 9.10. The normalized spacial score (nSPS) is 10.7. The van der Waals surface area contributed by atoms with E-state index in [-0.39, 0.29) is 28.5 Å². The van der Waals surface area contributed by atoms with Gasteiger partial charge in [-0.15, -0.1) is 0 Å². The summed E-state index contributed by atoms with van der Waals surface area (Å²) in [5.74, 6) is -1.60. The van der Waals surface area contributed by atoms with Gasteiger partial charge >= 0.3 is 0 Å². The monoisotopic (exact) mass is 359 g/mol. The van der Waals surface area contributed by atoms with Crippen molar-refractivity contribution in [3.63, 3.8) is 0 Å². The first-order valence-electron chi connectivity index (χ1n) is 7.41. The highest BCUT2D eigenvalue weighted by Gasteiger charge is 2.23. The summed E-state index contributed by atoms with van der Waals surface area (Å²) in [6.07, 6.45) is 3.00. The molecule has 126 valence electrons. The van der Waals surface area contributed by atoms with E-state index < -0.39 is 17.2 Å². The summed E-state index contributed by atoms with van der Waals surface area (Å²) in [5, 5.41) is -0.0884. The van der Waals surface area contributed by atoms with Crippen LogP contribution in [0.3, 0.4) is 0 Å². The molecule has 1 N–H and O–H groups in total. The highest BCUT2D eigenvalue weighted by Crippen LogP contribution is 2.39. The van der Waals surface area contributed by atoms with Crippen molar-refractivity contribution in [1.82, 2.24) is 9.55 Å². The van der Waals surface area contributed by atoms with Crippen molar-refractivity contribution in [3.05, 3.63) is 75.1 Å². The SMILES string of the molecule is [C-]#[N+]c1c[nH]cc1-c1cc(Cl)c(=O)n(CC)c1-c1c(F)cccc1F. The van der Waals surface area contributed by atoms with E-state index in [9.17, 15) is 13.6 Å². The number of halogens is 3. The smallest absolute Gasteiger partial charge is 0.269 e. The van der Waals surface area contributed by atoms with Gasteiger partial charge in [-0.05, 0) is 36.9 Å². The number of hydrogen-bond donors (Lipinski definition) is 1. The number of hydrogen-bond acceptors (Lipinski definition) is 1. The Bertz CT molecular complexity index is 1040. The lowest BCUT2D eigenvalue weighted by Gasteiger charge is -2.18. The highest BCUT2D eigenvalue weighted by atomic mass is 35.5. The lowest BCUT2D eigenvalue weighted by Crippen LogP contribution is -2.22. The van der Waals surface area contributed by atoms with Crippen LogP contribution in [0.2, 0.25) is 5.02 Å². The van der Waals surface area contributed by atoms with Crippen LogP contribution >= 0.6 is 11.6 Å². The Morgan fingerprint density at radius 3 is 2.52 bits per heavy atom. The van der Waals surface area contributed by atoms with Crippen LogP contribution < -0.4 is 5.56 Å². The van der Waals surface area contributed by atoms with Crippen molar-refractivity contribution < 1.29 is 8.78 Å². The fraction of sp³-hybridized carbons (Fsp3) is 0.111. The molecule has 7 heteroatoms.